The van der Waals surface area contributed by atoms with Gasteiger partial charge in [-0.05, 0) is 13.0 Å². The van der Waals surface area contributed by atoms with Gasteiger partial charge in [0, 0.05) is 5.56 Å². The molecule has 0 unspecified atom stereocenters. The molecular formula is C11H14O3. The maximum absolute atomic E-state index is 8.95. The van der Waals surface area contributed by atoms with Crippen molar-refractivity contribution in [2.45, 2.75) is 6.92 Å². The normalized spacial score (nSPS) is 8.14. The van der Waals surface area contributed by atoms with Gasteiger partial charge in [-0.3, -0.25) is 4.79 Å². The van der Waals surface area contributed by atoms with Crippen LogP contribution in [0.3, 0.4) is 0 Å². The van der Waals surface area contributed by atoms with Gasteiger partial charge in [0.05, 0.1) is 7.11 Å². The van der Waals surface area contributed by atoms with Gasteiger partial charge >= 0.3 is 0 Å². The Kier molecular flexibility index (Phi) is 5.87. The van der Waals surface area contributed by atoms with Crippen LogP contribution in [-0.4, -0.2) is 18.7 Å². The van der Waals surface area contributed by atoms with Crippen molar-refractivity contribution < 1.29 is 14.6 Å². The van der Waals surface area contributed by atoms with E-state index in [2.05, 4.69) is 11.3 Å². The van der Waals surface area contributed by atoms with Crippen LogP contribution in [0.5, 0.6) is 0 Å². The number of benzene rings is 1. The fourth-order valence-corrected chi connectivity index (χ4v) is 0.825. The average Bonchev–Trinajstić information content (AvgIpc) is 2.18. The van der Waals surface area contributed by atoms with Crippen LogP contribution < -0.4 is 0 Å². The Labute approximate surface area is 83.6 Å². The number of carbonyl (C=O) groups is 1. The van der Waals surface area contributed by atoms with Crippen molar-refractivity contribution in [1.29, 1.82) is 0 Å². The first kappa shape index (κ1) is 12.2. The molecule has 0 aliphatic heterocycles. The van der Waals surface area contributed by atoms with Crippen molar-refractivity contribution in [3.8, 4) is 0 Å². The summed E-state index contributed by atoms with van der Waals surface area (Å²) in [4.78, 5) is 8.95. The minimum Gasteiger partial charge on any atom is -0.508 e. The summed E-state index contributed by atoms with van der Waals surface area (Å²) in [6.07, 6.45) is 0. The summed E-state index contributed by atoms with van der Waals surface area (Å²) in [6.45, 7) is 5.78. The monoisotopic (exact) mass is 194 g/mol. The summed E-state index contributed by atoms with van der Waals surface area (Å²) in [5.74, 6) is 0.128. The summed E-state index contributed by atoms with van der Waals surface area (Å²) in [5.41, 5.74) is 1.92. The van der Waals surface area contributed by atoms with Gasteiger partial charge in [0.2, 0.25) is 0 Å². The van der Waals surface area contributed by atoms with Crippen LogP contribution in [0.4, 0.5) is 0 Å². The maximum Gasteiger partial charge on any atom is 0.292 e. The Balaban J connectivity index is 0.000000364. The van der Waals surface area contributed by atoms with E-state index in [0.717, 1.165) is 11.1 Å². The Morgan fingerprint density at radius 1 is 1.57 bits per heavy atom. The third kappa shape index (κ3) is 4.98. The van der Waals surface area contributed by atoms with E-state index in [1.54, 1.807) is 0 Å². The van der Waals surface area contributed by atoms with E-state index in [-0.39, 0.29) is 5.76 Å². The SMILES string of the molecule is C=C(O)c1cccc(C)c1.COC=O. The zero-order valence-electron chi connectivity index (χ0n) is 8.36. The van der Waals surface area contributed by atoms with Gasteiger partial charge < -0.3 is 9.84 Å². The van der Waals surface area contributed by atoms with E-state index in [1.165, 1.54) is 7.11 Å². The van der Waals surface area contributed by atoms with Crippen molar-refractivity contribution in [2.24, 2.45) is 0 Å². The van der Waals surface area contributed by atoms with Gasteiger partial charge in [-0.1, -0.05) is 30.3 Å². The first-order chi connectivity index (χ1) is 6.61. The van der Waals surface area contributed by atoms with Crippen LogP contribution in [0.25, 0.3) is 5.76 Å². The molecule has 0 atom stereocenters. The van der Waals surface area contributed by atoms with E-state index in [4.69, 9.17) is 9.90 Å². The quantitative estimate of drug-likeness (QED) is 0.580. The largest absolute Gasteiger partial charge is 0.508 e. The number of aliphatic hydroxyl groups is 1. The predicted octanol–water partition coefficient (Wildman–Crippen LogP) is 2.31. The minimum atomic E-state index is 0.128. The highest BCUT2D eigenvalue weighted by molar-refractivity contribution is 5.56. The molecule has 14 heavy (non-hydrogen) atoms. The molecule has 0 saturated carbocycles. The van der Waals surface area contributed by atoms with Crippen molar-refractivity contribution in [3.05, 3.63) is 42.0 Å². The fraction of sp³-hybridized carbons (Fsp3) is 0.182. The molecule has 0 amide bonds. The number of aliphatic hydroxyl groups excluding tert-OH is 1. The Hall–Kier alpha value is -1.77. The zero-order chi connectivity index (χ0) is 11.0. The lowest BCUT2D eigenvalue weighted by molar-refractivity contribution is -0.126. The van der Waals surface area contributed by atoms with Gasteiger partial charge in [-0.25, -0.2) is 0 Å². The lowest BCUT2D eigenvalue weighted by Crippen LogP contribution is -1.80. The molecule has 1 rings (SSSR count). The predicted molar refractivity (Wildman–Crippen MR) is 55.9 cm³/mol. The number of hydrogen-bond acceptors (Lipinski definition) is 3. The van der Waals surface area contributed by atoms with Crippen LogP contribution in [0, 0.1) is 6.92 Å². The second-order valence-corrected chi connectivity index (χ2v) is 2.65. The summed E-state index contributed by atoms with van der Waals surface area (Å²) >= 11 is 0. The lowest BCUT2D eigenvalue weighted by Gasteiger charge is -1.97. The molecule has 1 aromatic carbocycles. The fourth-order valence-electron chi connectivity index (χ4n) is 0.825. The Morgan fingerprint density at radius 3 is 2.43 bits per heavy atom. The third-order valence-corrected chi connectivity index (χ3v) is 1.45. The van der Waals surface area contributed by atoms with E-state index < -0.39 is 0 Å². The highest BCUT2D eigenvalue weighted by Gasteiger charge is 1.92. The van der Waals surface area contributed by atoms with Crippen LogP contribution in [0.2, 0.25) is 0 Å². The topological polar surface area (TPSA) is 46.5 Å². The summed E-state index contributed by atoms with van der Waals surface area (Å²) in [7, 11) is 1.31. The number of rotatable bonds is 2. The van der Waals surface area contributed by atoms with Gasteiger partial charge in [-0.2, -0.15) is 0 Å². The molecule has 0 heterocycles. The standard InChI is InChI=1S/C9H10O.C2H4O2/c1-7-4-3-5-9(6-7)8(2)10;1-4-2-3/h3-6,10H,2H2,1H3;2H,1H3. The van der Waals surface area contributed by atoms with E-state index in [0.29, 0.717) is 6.47 Å². The molecular weight excluding hydrogens is 180 g/mol. The third-order valence-electron chi connectivity index (χ3n) is 1.45. The van der Waals surface area contributed by atoms with Crippen LogP contribution >= 0.6 is 0 Å². The highest BCUT2D eigenvalue weighted by atomic mass is 16.5. The molecule has 1 N–H and O–H groups in total. The molecule has 3 heteroatoms. The summed E-state index contributed by atoms with van der Waals surface area (Å²) in [5, 5.41) is 8.95. The lowest BCUT2D eigenvalue weighted by atomic mass is 10.1. The van der Waals surface area contributed by atoms with Crippen molar-refractivity contribution in [1.82, 2.24) is 0 Å². The van der Waals surface area contributed by atoms with Crippen LogP contribution in [-0.2, 0) is 9.53 Å². The smallest absolute Gasteiger partial charge is 0.292 e. The summed E-state index contributed by atoms with van der Waals surface area (Å²) in [6, 6.07) is 7.59. The molecule has 0 radical (unpaired) electrons. The highest BCUT2D eigenvalue weighted by Crippen LogP contribution is 2.09. The summed E-state index contributed by atoms with van der Waals surface area (Å²) < 4.78 is 3.86. The Bertz CT molecular complexity index is 305. The van der Waals surface area contributed by atoms with Gasteiger partial charge in [0.25, 0.3) is 6.47 Å². The second-order valence-electron chi connectivity index (χ2n) is 2.65. The number of ether oxygens (including phenoxy) is 1. The van der Waals surface area contributed by atoms with Crippen LogP contribution in [0.1, 0.15) is 11.1 Å². The molecule has 0 bridgehead atoms. The van der Waals surface area contributed by atoms with E-state index in [9.17, 15) is 0 Å². The molecule has 1 aromatic rings. The van der Waals surface area contributed by atoms with Gasteiger partial charge in [-0.15, -0.1) is 0 Å². The molecule has 0 aliphatic carbocycles. The van der Waals surface area contributed by atoms with Gasteiger partial charge in [0.15, 0.2) is 0 Å². The van der Waals surface area contributed by atoms with Crippen LogP contribution in [0.15, 0.2) is 30.8 Å². The van der Waals surface area contributed by atoms with E-state index >= 15 is 0 Å². The van der Waals surface area contributed by atoms with Gasteiger partial charge in [0.1, 0.15) is 5.76 Å². The minimum absolute atomic E-state index is 0.128. The molecule has 0 aliphatic rings. The number of hydrogen-bond donors (Lipinski definition) is 1. The molecule has 0 spiro atoms. The average molecular weight is 194 g/mol. The molecule has 76 valence electrons. The maximum atomic E-state index is 8.95. The first-order valence-corrected chi connectivity index (χ1v) is 4.03. The van der Waals surface area contributed by atoms with Crippen molar-refractivity contribution in [2.75, 3.05) is 7.11 Å². The number of methoxy groups -OCH3 is 1. The van der Waals surface area contributed by atoms with Crippen molar-refractivity contribution >= 4 is 12.2 Å². The number of aryl methyl sites for hydroxylation is 1. The number of carbonyl (C=O) groups excluding carboxylic acids is 1. The molecule has 0 aromatic heterocycles. The molecule has 0 saturated heterocycles. The second kappa shape index (κ2) is 6.71. The Morgan fingerprint density at radius 2 is 2.14 bits per heavy atom. The zero-order valence-corrected chi connectivity index (χ0v) is 8.36. The van der Waals surface area contributed by atoms with Crippen molar-refractivity contribution in [3.63, 3.8) is 0 Å². The molecule has 0 fully saturated rings. The molecule has 3 nitrogen and oxygen atoms in total. The first-order valence-electron chi connectivity index (χ1n) is 4.03. The van der Waals surface area contributed by atoms with E-state index in [1.807, 2.05) is 31.2 Å².